The summed E-state index contributed by atoms with van der Waals surface area (Å²) in [7, 11) is 0. The summed E-state index contributed by atoms with van der Waals surface area (Å²) in [5, 5.41) is 0. The fourth-order valence-electron chi connectivity index (χ4n) is 3.38. The van der Waals surface area contributed by atoms with Gasteiger partial charge in [0.15, 0.2) is 0 Å². The Morgan fingerprint density at radius 1 is 1.29 bits per heavy atom. The lowest BCUT2D eigenvalue weighted by atomic mass is 9.95. The Hall–Kier alpha value is -1.58. The molecule has 1 saturated heterocycles. The van der Waals surface area contributed by atoms with Gasteiger partial charge >= 0.3 is 0 Å². The van der Waals surface area contributed by atoms with Gasteiger partial charge in [0.1, 0.15) is 5.82 Å². The average molecular weight is 289 g/mol. The highest BCUT2D eigenvalue weighted by Gasteiger charge is 2.28. The first kappa shape index (κ1) is 15.8. The number of pyridine rings is 1. The molecular weight excluding hydrogens is 262 g/mol. The van der Waals surface area contributed by atoms with Crippen molar-refractivity contribution in [3.05, 3.63) is 23.9 Å². The maximum Gasteiger partial charge on any atom is 0.210 e. The van der Waals surface area contributed by atoms with Crippen molar-refractivity contribution in [3.63, 3.8) is 0 Å². The minimum absolute atomic E-state index is 0.167. The second kappa shape index (κ2) is 6.92. The molecule has 0 saturated carbocycles. The van der Waals surface area contributed by atoms with E-state index in [-0.39, 0.29) is 6.04 Å². The van der Waals surface area contributed by atoms with Crippen molar-refractivity contribution in [1.29, 1.82) is 0 Å². The van der Waals surface area contributed by atoms with E-state index in [2.05, 4.69) is 43.6 Å². The highest BCUT2D eigenvalue weighted by molar-refractivity contribution is 5.55. The Labute approximate surface area is 128 Å². The van der Waals surface area contributed by atoms with E-state index in [0.717, 1.165) is 31.6 Å². The van der Waals surface area contributed by atoms with Crippen LogP contribution in [0.3, 0.4) is 0 Å². The van der Waals surface area contributed by atoms with Gasteiger partial charge < -0.3 is 9.80 Å². The third-order valence-electron chi connectivity index (χ3n) is 4.21. The molecule has 0 radical (unpaired) electrons. The molecule has 2 rings (SSSR count). The van der Waals surface area contributed by atoms with Crippen molar-refractivity contribution in [2.75, 3.05) is 11.4 Å². The van der Waals surface area contributed by atoms with E-state index in [1.54, 1.807) is 0 Å². The van der Waals surface area contributed by atoms with Crippen LogP contribution in [0.1, 0.15) is 58.6 Å². The third-order valence-corrected chi connectivity index (χ3v) is 4.21. The van der Waals surface area contributed by atoms with E-state index >= 15 is 0 Å². The average Bonchev–Trinajstić information content (AvgIpc) is 2.47. The van der Waals surface area contributed by atoms with Crippen molar-refractivity contribution in [1.82, 2.24) is 9.88 Å². The van der Waals surface area contributed by atoms with E-state index in [1.165, 1.54) is 12.0 Å². The summed E-state index contributed by atoms with van der Waals surface area (Å²) in [5.74, 6) is 1.03. The number of nitrogens with zero attached hydrogens (tertiary/aromatic N) is 3. The summed E-state index contributed by atoms with van der Waals surface area (Å²) < 4.78 is 0. The number of carbonyl (C=O) groups is 1. The van der Waals surface area contributed by atoms with Crippen LogP contribution in [-0.2, 0) is 4.79 Å². The number of piperidine rings is 1. The number of aromatic nitrogens is 1. The van der Waals surface area contributed by atoms with Gasteiger partial charge in [-0.1, -0.05) is 6.07 Å². The topological polar surface area (TPSA) is 36.4 Å². The summed E-state index contributed by atoms with van der Waals surface area (Å²) in [4.78, 5) is 20.3. The molecule has 1 aromatic heterocycles. The van der Waals surface area contributed by atoms with Crippen LogP contribution < -0.4 is 4.90 Å². The fourth-order valence-corrected chi connectivity index (χ4v) is 3.38. The molecule has 116 valence electrons. The molecule has 0 aromatic carbocycles. The molecule has 4 heteroatoms. The van der Waals surface area contributed by atoms with E-state index < -0.39 is 0 Å². The van der Waals surface area contributed by atoms with E-state index in [9.17, 15) is 4.79 Å². The zero-order valence-corrected chi connectivity index (χ0v) is 13.6. The molecule has 1 amide bonds. The lowest BCUT2D eigenvalue weighted by Gasteiger charge is -2.38. The molecule has 2 heterocycles. The van der Waals surface area contributed by atoms with E-state index in [0.29, 0.717) is 12.1 Å². The number of amides is 1. The molecule has 0 aliphatic carbocycles. The summed E-state index contributed by atoms with van der Waals surface area (Å²) in [6, 6.07) is 5.04. The second-order valence-electron chi connectivity index (χ2n) is 6.37. The standard InChI is InChI=1S/C17H27N3O/c1-13(2)20(14(3)4)17-15(8-7-10-18-17)16-9-5-6-11-19(16)12-21/h7-8,10,12-14,16H,5-6,9,11H2,1-4H3/t16-/m1/s1. The van der Waals surface area contributed by atoms with Crippen molar-refractivity contribution in [3.8, 4) is 0 Å². The lowest BCUT2D eigenvalue weighted by Crippen LogP contribution is -2.40. The van der Waals surface area contributed by atoms with E-state index in [4.69, 9.17) is 0 Å². The highest BCUT2D eigenvalue weighted by Crippen LogP contribution is 2.35. The number of anilines is 1. The van der Waals surface area contributed by atoms with Gasteiger partial charge in [0.25, 0.3) is 0 Å². The zero-order valence-electron chi connectivity index (χ0n) is 13.6. The molecule has 0 unspecified atom stereocenters. The van der Waals surface area contributed by atoms with E-state index in [1.807, 2.05) is 17.2 Å². The predicted molar refractivity (Wildman–Crippen MR) is 86.4 cm³/mol. The largest absolute Gasteiger partial charge is 0.351 e. The molecule has 1 aliphatic rings. The van der Waals surface area contributed by atoms with Crippen LogP contribution in [0.4, 0.5) is 5.82 Å². The predicted octanol–water partition coefficient (Wildman–Crippen LogP) is 3.39. The summed E-state index contributed by atoms with van der Waals surface area (Å²) >= 11 is 0. The van der Waals surface area contributed by atoms with Gasteiger partial charge in [-0.05, 0) is 53.0 Å². The number of carbonyl (C=O) groups excluding carboxylic acids is 1. The zero-order chi connectivity index (χ0) is 15.4. The smallest absolute Gasteiger partial charge is 0.210 e. The first-order valence-electron chi connectivity index (χ1n) is 8.00. The molecular formula is C17H27N3O. The van der Waals surface area contributed by atoms with Crippen molar-refractivity contribution >= 4 is 12.2 Å². The molecule has 0 N–H and O–H groups in total. The summed E-state index contributed by atoms with van der Waals surface area (Å²) in [6.45, 7) is 9.62. The molecule has 1 aliphatic heterocycles. The minimum Gasteiger partial charge on any atom is -0.351 e. The number of hydrogen-bond donors (Lipinski definition) is 0. The summed E-state index contributed by atoms with van der Waals surface area (Å²) in [6.07, 6.45) is 6.15. The van der Waals surface area contributed by atoms with Gasteiger partial charge in [-0.15, -0.1) is 0 Å². The van der Waals surface area contributed by atoms with Crippen molar-refractivity contribution < 1.29 is 4.79 Å². The van der Waals surface area contributed by atoms with Crippen LogP contribution >= 0.6 is 0 Å². The first-order chi connectivity index (χ1) is 10.1. The molecule has 21 heavy (non-hydrogen) atoms. The third kappa shape index (κ3) is 3.36. The van der Waals surface area contributed by atoms with Gasteiger partial charge in [-0.3, -0.25) is 4.79 Å². The quantitative estimate of drug-likeness (QED) is 0.780. The maximum atomic E-state index is 11.4. The SMILES string of the molecule is CC(C)N(c1ncccc1[C@H]1CCCCN1C=O)C(C)C. The van der Waals surface area contributed by atoms with Gasteiger partial charge in [-0.25, -0.2) is 4.98 Å². The van der Waals surface area contributed by atoms with Crippen LogP contribution in [0.25, 0.3) is 0 Å². The Morgan fingerprint density at radius 3 is 2.62 bits per heavy atom. The maximum absolute atomic E-state index is 11.4. The Balaban J connectivity index is 2.42. The number of likely N-dealkylation sites (tertiary alicyclic amines) is 1. The number of hydrogen-bond acceptors (Lipinski definition) is 3. The molecule has 0 spiro atoms. The second-order valence-corrected chi connectivity index (χ2v) is 6.37. The molecule has 1 aromatic rings. The van der Waals surface area contributed by atoms with Crippen molar-refractivity contribution in [2.45, 2.75) is 65.1 Å². The lowest BCUT2D eigenvalue weighted by molar-refractivity contribution is -0.121. The van der Waals surface area contributed by atoms with Crippen LogP contribution in [0.5, 0.6) is 0 Å². The first-order valence-corrected chi connectivity index (χ1v) is 8.00. The Kier molecular flexibility index (Phi) is 5.21. The summed E-state index contributed by atoms with van der Waals surface area (Å²) in [5.41, 5.74) is 1.19. The van der Waals surface area contributed by atoms with Crippen LogP contribution in [0, 0.1) is 0 Å². The van der Waals surface area contributed by atoms with Gasteiger partial charge in [0.05, 0.1) is 6.04 Å². The molecule has 1 atom stereocenters. The van der Waals surface area contributed by atoms with Gasteiger partial charge in [0, 0.05) is 30.4 Å². The molecule has 1 fully saturated rings. The van der Waals surface area contributed by atoms with Crippen LogP contribution in [0.2, 0.25) is 0 Å². The Morgan fingerprint density at radius 2 is 2.00 bits per heavy atom. The van der Waals surface area contributed by atoms with Crippen LogP contribution in [0.15, 0.2) is 18.3 Å². The molecule has 4 nitrogen and oxygen atoms in total. The highest BCUT2D eigenvalue weighted by atomic mass is 16.1. The van der Waals surface area contributed by atoms with Gasteiger partial charge in [0.2, 0.25) is 6.41 Å². The monoisotopic (exact) mass is 289 g/mol. The minimum atomic E-state index is 0.167. The Bertz CT molecular complexity index is 465. The fraction of sp³-hybridized carbons (Fsp3) is 0.647. The van der Waals surface area contributed by atoms with Crippen molar-refractivity contribution in [2.24, 2.45) is 0 Å². The molecule has 0 bridgehead atoms. The number of rotatable bonds is 5. The van der Waals surface area contributed by atoms with Crippen LogP contribution in [-0.4, -0.2) is 34.9 Å². The van der Waals surface area contributed by atoms with Gasteiger partial charge in [-0.2, -0.15) is 0 Å². The normalized spacial score (nSPS) is 19.1.